The minimum atomic E-state index is -1.40. The lowest BCUT2D eigenvalue weighted by Crippen LogP contribution is -2.60. The molecule has 0 amide bonds. The fourth-order valence-corrected chi connectivity index (χ4v) is 3.27. The second-order valence-corrected chi connectivity index (χ2v) is 6.71. The number of hydrogen-bond donors (Lipinski definition) is 4. The lowest BCUT2D eigenvalue weighted by atomic mass is 9.78. The molecule has 0 aromatic rings. The summed E-state index contributed by atoms with van der Waals surface area (Å²) in [5, 5.41) is 38.9. The predicted molar refractivity (Wildman–Crippen MR) is 80.0 cm³/mol. The van der Waals surface area contributed by atoms with Crippen molar-refractivity contribution in [3.8, 4) is 0 Å². The van der Waals surface area contributed by atoms with Crippen molar-refractivity contribution in [3.05, 3.63) is 12.2 Å². The number of rotatable bonds is 4. The normalized spacial score (nSPS) is 46.5. The zero-order chi connectivity index (χ0) is 16.4. The molecule has 1 aliphatic heterocycles. The molecule has 0 spiro atoms. The summed E-state index contributed by atoms with van der Waals surface area (Å²) in [6.07, 6.45) is -3.31. The molecule has 2 rings (SSSR count). The molecule has 128 valence electrons. The van der Waals surface area contributed by atoms with E-state index in [4.69, 9.17) is 9.47 Å². The molecule has 1 saturated heterocycles. The molecule has 6 nitrogen and oxygen atoms in total. The zero-order valence-corrected chi connectivity index (χ0v) is 13.3. The summed E-state index contributed by atoms with van der Waals surface area (Å²) < 4.78 is 11.3. The highest BCUT2D eigenvalue weighted by Gasteiger charge is 2.45. The highest BCUT2D eigenvalue weighted by atomic mass is 16.7. The van der Waals surface area contributed by atoms with E-state index in [1.165, 1.54) is 0 Å². The van der Waals surface area contributed by atoms with Gasteiger partial charge >= 0.3 is 0 Å². The summed E-state index contributed by atoms with van der Waals surface area (Å²) in [5.41, 5.74) is 1.12. The van der Waals surface area contributed by atoms with Gasteiger partial charge in [-0.3, -0.25) is 0 Å². The molecule has 0 bridgehead atoms. The average molecular weight is 316 g/mol. The van der Waals surface area contributed by atoms with E-state index in [-0.39, 0.29) is 6.10 Å². The van der Waals surface area contributed by atoms with Gasteiger partial charge in [0.2, 0.25) is 0 Å². The van der Waals surface area contributed by atoms with Crippen LogP contribution in [0, 0.1) is 11.8 Å². The molecule has 2 unspecified atom stereocenters. The lowest BCUT2D eigenvalue weighted by molar-refractivity contribution is -0.316. The topological polar surface area (TPSA) is 99.4 Å². The van der Waals surface area contributed by atoms with E-state index in [2.05, 4.69) is 13.5 Å². The summed E-state index contributed by atoms with van der Waals surface area (Å²) in [6, 6.07) is 0. The van der Waals surface area contributed by atoms with Gasteiger partial charge in [-0.15, -0.1) is 0 Å². The second kappa shape index (κ2) is 7.38. The van der Waals surface area contributed by atoms with Crippen molar-refractivity contribution in [2.24, 2.45) is 11.8 Å². The van der Waals surface area contributed by atoms with Crippen LogP contribution in [0.15, 0.2) is 12.2 Å². The molecule has 1 heterocycles. The van der Waals surface area contributed by atoms with Crippen LogP contribution < -0.4 is 0 Å². The molecule has 6 heteroatoms. The predicted octanol–water partition coefficient (Wildman–Crippen LogP) is 0.184. The summed E-state index contributed by atoms with van der Waals surface area (Å²) in [5.74, 6) is 0.689. The first-order valence-corrected chi connectivity index (χ1v) is 7.96. The largest absolute Gasteiger partial charge is 0.394 e. The maximum absolute atomic E-state index is 10.1. The Kier molecular flexibility index (Phi) is 5.99. The van der Waals surface area contributed by atoms with Gasteiger partial charge in [0, 0.05) is 0 Å². The van der Waals surface area contributed by atoms with Gasteiger partial charge in [-0.2, -0.15) is 0 Å². The SMILES string of the molecule is C=C(C)[C@H]1CCC(C)C(O[C@@H]2O[C@H](CO)[C@@H](O)[C@H](O)[C@H]2O)C1. The van der Waals surface area contributed by atoms with Crippen LogP contribution in [-0.2, 0) is 9.47 Å². The van der Waals surface area contributed by atoms with Crippen LogP contribution in [0.1, 0.15) is 33.1 Å². The van der Waals surface area contributed by atoms with Gasteiger partial charge in [-0.25, -0.2) is 0 Å². The molecular formula is C16H28O6. The van der Waals surface area contributed by atoms with Gasteiger partial charge < -0.3 is 29.9 Å². The van der Waals surface area contributed by atoms with Gasteiger partial charge in [-0.05, 0) is 38.0 Å². The molecule has 4 N–H and O–H groups in total. The van der Waals surface area contributed by atoms with E-state index in [9.17, 15) is 20.4 Å². The second-order valence-electron chi connectivity index (χ2n) is 6.71. The van der Waals surface area contributed by atoms with Crippen LogP contribution in [0.4, 0.5) is 0 Å². The molecule has 0 aromatic carbocycles. The Labute approximate surface area is 131 Å². The van der Waals surface area contributed by atoms with Crippen LogP contribution in [0.5, 0.6) is 0 Å². The standard InChI is InChI=1S/C16H28O6/c1-8(2)10-5-4-9(3)11(6-10)21-16-15(20)14(19)13(18)12(7-17)22-16/h9-20H,1,4-7H2,2-3H3/t9?,10-,11?,12+,13+,14-,15+,16+/m0/s1. The Morgan fingerprint density at radius 3 is 2.45 bits per heavy atom. The van der Waals surface area contributed by atoms with Crippen molar-refractivity contribution in [2.45, 2.75) is 69.9 Å². The highest BCUT2D eigenvalue weighted by molar-refractivity contribution is 5.00. The van der Waals surface area contributed by atoms with Gasteiger partial charge in [0.15, 0.2) is 6.29 Å². The fraction of sp³-hybridized carbons (Fsp3) is 0.875. The van der Waals surface area contributed by atoms with Crippen LogP contribution in [0.25, 0.3) is 0 Å². The van der Waals surface area contributed by atoms with Crippen molar-refractivity contribution in [1.29, 1.82) is 0 Å². The maximum Gasteiger partial charge on any atom is 0.186 e. The van der Waals surface area contributed by atoms with Gasteiger partial charge in [-0.1, -0.05) is 19.1 Å². The fourth-order valence-electron chi connectivity index (χ4n) is 3.27. The van der Waals surface area contributed by atoms with Crippen LogP contribution in [0.3, 0.4) is 0 Å². The van der Waals surface area contributed by atoms with Crippen molar-refractivity contribution in [1.82, 2.24) is 0 Å². The maximum atomic E-state index is 10.1. The Hall–Kier alpha value is -0.500. The monoisotopic (exact) mass is 316 g/mol. The number of allylic oxidation sites excluding steroid dienone is 1. The molecule has 8 atom stereocenters. The van der Waals surface area contributed by atoms with Gasteiger partial charge in [0.1, 0.15) is 24.4 Å². The molecule has 0 radical (unpaired) electrons. The Bertz CT molecular complexity index is 385. The lowest BCUT2D eigenvalue weighted by Gasteiger charge is -2.43. The highest BCUT2D eigenvalue weighted by Crippen LogP contribution is 2.36. The number of aliphatic hydroxyl groups is 4. The third kappa shape index (κ3) is 3.69. The smallest absolute Gasteiger partial charge is 0.186 e. The number of hydrogen-bond acceptors (Lipinski definition) is 6. The Balaban J connectivity index is 2.02. The van der Waals surface area contributed by atoms with Crippen molar-refractivity contribution in [3.63, 3.8) is 0 Å². The van der Waals surface area contributed by atoms with E-state index in [1.807, 2.05) is 6.92 Å². The summed E-state index contributed by atoms with van der Waals surface area (Å²) in [4.78, 5) is 0. The van der Waals surface area contributed by atoms with Crippen molar-refractivity contribution >= 4 is 0 Å². The van der Waals surface area contributed by atoms with E-state index >= 15 is 0 Å². The quantitative estimate of drug-likeness (QED) is 0.552. The summed E-state index contributed by atoms with van der Waals surface area (Å²) in [7, 11) is 0. The molecular weight excluding hydrogens is 288 g/mol. The molecule has 1 aliphatic carbocycles. The first-order chi connectivity index (χ1) is 10.3. The first-order valence-electron chi connectivity index (χ1n) is 7.96. The van der Waals surface area contributed by atoms with E-state index in [0.29, 0.717) is 11.8 Å². The summed E-state index contributed by atoms with van der Waals surface area (Å²) >= 11 is 0. The van der Waals surface area contributed by atoms with Gasteiger partial charge in [0.25, 0.3) is 0 Å². The van der Waals surface area contributed by atoms with Gasteiger partial charge in [0.05, 0.1) is 12.7 Å². The molecule has 0 aromatic heterocycles. The molecule has 1 saturated carbocycles. The number of ether oxygens (including phenoxy) is 2. The van der Waals surface area contributed by atoms with Crippen LogP contribution >= 0.6 is 0 Å². The van der Waals surface area contributed by atoms with Crippen LogP contribution in [0.2, 0.25) is 0 Å². The minimum Gasteiger partial charge on any atom is -0.394 e. The van der Waals surface area contributed by atoms with Crippen LogP contribution in [-0.4, -0.2) is 63.8 Å². The van der Waals surface area contributed by atoms with Crippen molar-refractivity contribution in [2.75, 3.05) is 6.61 Å². The average Bonchev–Trinajstić information content (AvgIpc) is 2.49. The zero-order valence-electron chi connectivity index (χ0n) is 13.3. The van der Waals surface area contributed by atoms with E-state index in [1.54, 1.807) is 0 Å². The molecule has 22 heavy (non-hydrogen) atoms. The molecule has 2 fully saturated rings. The van der Waals surface area contributed by atoms with Crippen molar-refractivity contribution < 1.29 is 29.9 Å². The number of aliphatic hydroxyl groups excluding tert-OH is 4. The third-order valence-corrected chi connectivity index (χ3v) is 4.98. The third-order valence-electron chi connectivity index (χ3n) is 4.98. The Morgan fingerprint density at radius 1 is 1.18 bits per heavy atom. The minimum absolute atomic E-state index is 0.114. The van der Waals surface area contributed by atoms with E-state index in [0.717, 1.165) is 24.8 Å². The van der Waals surface area contributed by atoms with E-state index < -0.39 is 37.3 Å². The Morgan fingerprint density at radius 2 is 1.86 bits per heavy atom. The first kappa shape index (κ1) is 17.8. The molecule has 2 aliphatic rings. The summed E-state index contributed by atoms with van der Waals surface area (Å²) in [6.45, 7) is 7.65.